The summed E-state index contributed by atoms with van der Waals surface area (Å²) in [6.45, 7) is 2.47. The first kappa shape index (κ1) is 14.9. The molecule has 0 radical (unpaired) electrons. The van der Waals surface area contributed by atoms with E-state index in [1.165, 1.54) is 23.1 Å². The monoisotopic (exact) mass is 313 g/mol. The lowest BCUT2D eigenvalue weighted by molar-refractivity contribution is 0.0525. The number of esters is 1. The second-order valence-corrected chi connectivity index (χ2v) is 5.62. The Bertz CT molecular complexity index is 595. The molecule has 0 amide bonds. The zero-order chi connectivity index (χ0) is 14.5. The third-order valence-electron chi connectivity index (χ3n) is 2.46. The second kappa shape index (κ2) is 6.82. The van der Waals surface area contributed by atoms with Crippen LogP contribution in [0.2, 0.25) is 0 Å². The first-order chi connectivity index (χ1) is 9.65. The summed E-state index contributed by atoms with van der Waals surface area (Å²) in [5.74, 6) is 0.975. The maximum atomic E-state index is 11.5. The van der Waals surface area contributed by atoms with Crippen molar-refractivity contribution in [2.45, 2.75) is 24.4 Å². The number of carbonyl (C=O) groups is 1. The molecule has 20 heavy (non-hydrogen) atoms. The van der Waals surface area contributed by atoms with Gasteiger partial charge in [0.15, 0.2) is 5.16 Å². The summed E-state index contributed by atoms with van der Waals surface area (Å²) in [6.07, 6.45) is 0. The van der Waals surface area contributed by atoms with E-state index in [9.17, 15) is 4.79 Å². The van der Waals surface area contributed by atoms with Crippen molar-refractivity contribution in [3.63, 3.8) is 0 Å². The van der Waals surface area contributed by atoms with Crippen LogP contribution < -0.4 is 5.73 Å². The largest absolute Gasteiger partial charge is 0.461 e. The lowest BCUT2D eigenvalue weighted by Crippen LogP contribution is -2.05. The topological polar surface area (TPSA) is 95.9 Å². The van der Waals surface area contributed by atoms with Crippen LogP contribution in [0.25, 0.3) is 0 Å². The molecule has 0 aliphatic carbocycles. The highest BCUT2D eigenvalue weighted by Gasteiger charge is 2.13. The molecule has 9 heteroatoms. The van der Waals surface area contributed by atoms with Crippen LogP contribution in [0.15, 0.2) is 10.5 Å². The quantitative estimate of drug-likeness (QED) is 0.632. The van der Waals surface area contributed by atoms with Gasteiger partial charge >= 0.3 is 5.97 Å². The molecule has 108 valence electrons. The number of nitrogens with zero attached hydrogens (tertiary/aromatic N) is 4. The number of thiazole rings is 1. The van der Waals surface area contributed by atoms with Crippen molar-refractivity contribution < 1.29 is 9.53 Å². The smallest absolute Gasteiger partial charge is 0.367 e. The van der Waals surface area contributed by atoms with Gasteiger partial charge in [-0.2, -0.15) is 0 Å². The van der Waals surface area contributed by atoms with Gasteiger partial charge in [-0.05, 0) is 6.92 Å². The predicted molar refractivity (Wildman–Crippen MR) is 76.5 cm³/mol. The molecule has 0 saturated carbocycles. The Morgan fingerprint density at radius 2 is 2.35 bits per heavy atom. The molecule has 0 unspecified atom stereocenters. The molecule has 2 heterocycles. The van der Waals surface area contributed by atoms with Crippen molar-refractivity contribution in [1.82, 2.24) is 19.7 Å². The fraction of sp³-hybridized carbons (Fsp3) is 0.455. The van der Waals surface area contributed by atoms with Gasteiger partial charge in [0.2, 0.25) is 5.01 Å². The second-order valence-electron chi connectivity index (χ2n) is 3.82. The third kappa shape index (κ3) is 3.35. The fourth-order valence-corrected chi connectivity index (χ4v) is 3.08. The number of hydrogen-bond acceptors (Lipinski definition) is 8. The van der Waals surface area contributed by atoms with E-state index in [4.69, 9.17) is 10.5 Å². The van der Waals surface area contributed by atoms with Gasteiger partial charge in [0.1, 0.15) is 5.82 Å². The van der Waals surface area contributed by atoms with E-state index in [1.807, 2.05) is 17.0 Å². The molecule has 2 N–H and O–H groups in total. The van der Waals surface area contributed by atoms with Gasteiger partial charge in [-0.25, -0.2) is 9.78 Å². The number of aromatic nitrogens is 4. The molecule has 0 saturated heterocycles. The van der Waals surface area contributed by atoms with Crippen molar-refractivity contribution in [3.05, 3.63) is 21.9 Å². The van der Waals surface area contributed by atoms with E-state index in [0.29, 0.717) is 23.9 Å². The van der Waals surface area contributed by atoms with Gasteiger partial charge in [-0.15, -0.1) is 21.5 Å². The number of thioether (sulfide) groups is 1. The average molecular weight is 313 g/mol. The SMILES string of the molecule is CCOC(=O)c1nc(CSc2nnc(CN)n2C)cs1. The number of rotatable bonds is 6. The zero-order valence-electron chi connectivity index (χ0n) is 11.2. The highest BCUT2D eigenvalue weighted by molar-refractivity contribution is 7.98. The Morgan fingerprint density at radius 1 is 1.55 bits per heavy atom. The number of carbonyl (C=O) groups excluding carboxylic acids is 1. The van der Waals surface area contributed by atoms with Gasteiger partial charge in [-0.1, -0.05) is 11.8 Å². The fourth-order valence-electron chi connectivity index (χ4n) is 1.45. The molecule has 0 fully saturated rings. The van der Waals surface area contributed by atoms with E-state index in [2.05, 4.69) is 15.2 Å². The van der Waals surface area contributed by atoms with Crippen LogP contribution in [0.4, 0.5) is 0 Å². The maximum absolute atomic E-state index is 11.5. The van der Waals surface area contributed by atoms with Crippen LogP contribution in [-0.4, -0.2) is 32.3 Å². The van der Waals surface area contributed by atoms with Crippen LogP contribution >= 0.6 is 23.1 Å². The van der Waals surface area contributed by atoms with Crippen LogP contribution in [0.5, 0.6) is 0 Å². The van der Waals surface area contributed by atoms with Crippen LogP contribution in [0.3, 0.4) is 0 Å². The Hall–Kier alpha value is -1.45. The molecule has 0 atom stereocenters. The van der Waals surface area contributed by atoms with E-state index in [-0.39, 0.29) is 5.97 Å². The van der Waals surface area contributed by atoms with Crippen LogP contribution in [0, 0.1) is 0 Å². The third-order valence-corrected chi connectivity index (χ3v) is 4.38. The summed E-state index contributed by atoms with van der Waals surface area (Å²) >= 11 is 2.79. The Kier molecular flexibility index (Phi) is 5.10. The number of nitrogens with two attached hydrogens (primary N) is 1. The molecule has 2 aromatic heterocycles. The van der Waals surface area contributed by atoms with Gasteiger partial charge in [0, 0.05) is 18.2 Å². The van der Waals surface area contributed by atoms with Gasteiger partial charge in [-0.3, -0.25) is 0 Å². The molecule has 0 aromatic carbocycles. The molecule has 0 bridgehead atoms. The summed E-state index contributed by atoms with van der Waals surface area (Å²) in [6, 6.07) is 0. The Balaban J connectivity index is 1.97. The summed E-state index contributed by atoms with van der Waals surface area (Å²) in [7, 11) is 1.87. The number of ether oxygens (including phenoxy) is 1. The van der Waals surface area contributed by atoms with Crippen molar-refractivity contribution in [1.29, 1.82) is 0 Å². The van der Waals surface area contributed by atoms with E-state index in [1.54, 1.807) is 6.92 Å². The molecule has 0 aliphatic heterocycles. The van der Waals surface area contributed by atoms with Crippen molar-refractivity contribution in [2.75, 3.05) is 6.61 Å². The first-order valence-corrected chi connectivity index (χ1v) is 7.84. The lowest BCUT2D eigenvalue weighted by Gasteiger charge is -2.00. The van der Waals surface area contributed by atoms with Crippen LogP contribution in [0.1, 0.15) is 28.2 Å². The van der Waals surface area contributed by atoms with Crippen molar-refractivity contribution in [2.24, 2.45) is 12.8 Å². The van der Waals surface area contributed by atoms with E-state index >= 15 is 0 Å². The number of hydrogen-bond donors (Lipinski definition) is 1. The summed E-state index contributed by atoms with van der Waals surface area (Å²) in [5.41, 5.74) is 6.36. The van der Waals surface area contributed by atoms with Gasteiger partial charge in [0.25, 0.3) is 0 Å². The highest BCUT2D eigenvalue weighted by Crippen LogP contribution is 2.22. The van der Waals surface area contributed by atoms with Gasteiger partial charge in [0.05, 0.1) is 18.8 Å². The highest BCUT2D eigenvalue weighted by atomic mass is 32.2. The minimum atomic E-state index is -0.377. The Morgan fingerprint density at radius 3 is 3.00 bits per heavy atom. The van der Waals surface area contributed by atoms with Crippen molar-refractivity contribution in [3.8, 4) is 0 Å². The van der Waals surface area contributed by atoms with Crippen molar-refractivity contribution >= 4 is 29.1 Å². The van der Waals surface area contributed by atoms with Gasteiger partial charge < -0.3 is 15.0 Å². The summed E-state index contributed by atoms with van der Waals surface area (Å²) in [4.78, 5) is 15.7. The standard InChI is InChI=1S/C11H15N5O2S2/c1-3-18-10(17)9-13-7(5-19-9)6-20-11-15-14-8(4-12)16(11)2/h5H,3-4,6,12H2,1-2H3. The minimum absolute atomic E-state index is 0.350. The first-order valence-electron chi connectivity index (χ1n) is 5.98. The molecule has 0 spiro atoms. The lowest BCUT2D eigenvalue weighted by atomic mass is 10.6. The van der Waals surface area contributed by atoms with E-state index in [0.717, 1.165) is 16.7 Å². The average Bonchev–Trinajstić information content (AvgIpc) is 3.04. The normalized spacial score (nSPS) is 10.8. The minimum Gasteiger partial charge on any atom is -0.461 e. The molecule has 0 aliphatic rings. The summed E-state index contributed by atoms with van der Waals surface area (Å²) in [5, 5.41) is 11.0. The molecular formula is C11H15N5O2S2. The molecular weight excluding hydrogens is 298 g/mol. The van der Waals surface area contributed by atoms with E-state index < -0.39 is 0 Å². The zero-order valence-corrected chi connectivity index (χ0v) is 12.8. The van der Waals surface area contributed by atoms with Crippen LogP contribution in [-0.2, 0) is 24.1 Å². The maximum Gasteiger partial charge on any atom is 0.367 e. The summed E-state index contributed by atoms with van der Waals surface area (Å²) < 4.78 is 6.75. The molecule has 2 aromatic rings. The Labute approximate surface area is 124 Å². The molecule has 2 rings (SSSR count). The predicted octanol–water partition coefficient (Wildman–Crippen LogP) is 1.20. The molecule has 7 nitrogen and oxygen atoms in total.